The summed E-state index contributed by atoms with van der Waals surface area (Å²) in [4.78, 5) is 19.7. The number of fused-ring (bicyclic) bond motifs is 1. The van der Waals surface area contributed by atoms with Crippen LogP contribution in [-0.2, 0) is 16.0 Å². The van der Waals surface area contributed by atoms with Gasteiger partial charge in [0.05, 0.1) is 16.6 Å². The molecule has 5 rings (SSSR count). The van der Waals surface area contributed by atoms with E-state index in [0.717, 1.165) is 17.3 Å². The molecule has 0 atom stereocenters. The number of carbonyl (C=O) groups is 1. The number of hydrogen-bond acceptors (Lipinski definition) is 6. The first-order valence-electron chi connectivity index (χ1n) is 11.6. The van der Waals surface area contributed by atoms with Crippen LogP contribution in [0.1, 0.15) is 28.9 Å². The number of piperidine rings is 1. The Morgan fingerprint density at radius 2 is 1.65 bits per heavy atom. The van der Waals surface area contributed by atoms with Crippen LogP contribution >= 0.6 is 37.2 Å². The summed E-state index contributed by atoms with van der Waals surface area (Å²) in [5, 5.41) is 6.36. The SMILES string of the molecule is CS(=O)(=O)c1ccc(C(=O)C2CCN(c3ccnc4ccc(-c5cn[nH]c5C(F)(F)F)cc34)CC2)cc1.Cl.Cl.Cl. The summed E-state index contributed by atoms with van der Waals surface area (Å²) in [5.74, 6) is -0.231. The van der Waals surface area contributed by atoms with Gasteiger partial charge in [0, 0.05) is 53.7 Å². The van der Waals surface area contributed by atoms with Gasteiger partial charge in [0.1, 0.15) is 5.69 Å². The number of rotatable bonds is 5. The minimum Gasteiger partial charge on any atom is -0.371 e. The van der Waals surface area contributed by atoms with Gasteiger partial charge in [-0.3, -0.25) is 14.9 Å². The van der Waals surface area contributed by atoms with Crippen LogP contribution in [0.15, 0.2) is 65.8 Å². The number of aromatic nitrogens is 3. The fourth-order valence-corrected chi connectivity index (χ4v) is 5.41. The quantitative estimate of drug-likeness (QED) is 0.254. The summed E-state index contributed by atoms with van der Waals surface area (Å²) in [6, 6.07) is 12.8. The van der Waals surface area contributed by atoms with Crippen LogP contribution in [0.25, 0.3) is 22.0 Å². The van der Waals surface area contributed by atoms with E-state index in [0.29, 0.717) is 42.6 Å². The molecule has 0 amide bonds. The van der Waals surface area contributed by atoms with E-state index >= 15 is 0 Å². The van der Waals surface area contributed by atoms with Crippen LogP contribution in [-0.4, -0.2) is 48.7 Å². The standard InChI is InChI=1S/C26H23F3N4O3S.3ClH/c1-37(35,36)19-5-2-16(3-6-19)24(34)17-9-12-33(13-10-17)23-8-11-30-22-7-4-18(14-20(22)23)21-15-31-32-25(21)26(27,28)29;;;/h2-8,11,14-15,17H,9-10,12-13H2,1H3,(H,31,32);3*1H. The maximum absolute atomic E-state index is 13.4. The number of alkyl halides is 3. The molecule has 4 aromatic rings. The van der Waals surface area contributed by atoms with Crippen molar-refractivity contribution in [3.05, 3.63) is 72.2 Å². The number of hydrogen-bond donors (Lipinski definition) is 1. The van der Waals surface area contributed by atoms with Crippen molar-refractivity contribution in [1.29, 1.82) is 0 Å². The van der Waals surface area contributed by atoms with Crippen molar-refractivity contribution in [1.82, 2.24) is 15.2 Å². The van der Waals surface area contributed by atoms with E-state index < -0.39 is 21.7 Å². The lowest BCUT2D eigenvalue weighted by molar-refractivity contribution is -0.140. The smallest absolute Gasteiger partial charge is 0.371 e. The molecule has 1 fully saturated rings. The molecule has 0 saturated carbocycles. The average molecular weight is 638 g/mol. The molecule has 1 aliphatic heterocycles. The van der Waals surface area contributed by atoms with Gasteiger partial charge in [0.2, 0.25) is 0 Å². The monoisotopic (exact) mass is 636 g/mol. The molecule has 2 aromatic carbocycles. The number of sulfone groups is 1. The van der Waals surface area contributed by atoms with Crippen molar-refractivity contribution in [2.24, 2.45) is 5.92 Å². The molecule has 0 bridgehead atoms. The van der Waals surface area contributed by atoms with Crippen LogP contribution in [0.3, 0.4) is 0 Å². The van der Waals surface area contributed by atoms with Crippen molar-refractivity contribution >= 4 is 69.4 Å². The summed E-state index contributed by atoms with van der Waals surface area (Å²) in [7, 11) is -3.34. The Labute approximate surface area is 247 Å². The molecule has 1 aliphatic rings. The fourth-order valence-electron chi connectivity index (χ4n) is 4.78. The molecule has 7 nitrogen and oxygen atoms in total. The van der Waals surface area contributed by atoms with E-state index in [9.17, 15) is 26.4 Å². The van der Waals surface area contributed by atoms with Crippen LogP contribution in [0.4, 0.5) is 18.9 Å². The van der Waals surface area contributed by atoms with Gasteiger partial charge < -0.3 is 4.90 Å². The summed E-state index contributed by atoms with van der Waals surface area (Å²) in [6.45, 7) is 1.17. The maximum Gasteiger partial charge on any atom is 0.433 e. The third-order valence-electron chi connectivity index (χ3n) is 6.73. The second kappa shape index (κ2) is 12.8. The third-order valence-corrected chi connectivity index (χ3v) is 7.85. The van der Waals surface area contributed by atoms with Crippen LogP contribution in [0.2, 0.25) is 0 Å². The molecule has 0 radical (unpaired) electrons. The minimum absolute atomic E-state index is 0. The number of benzene rings is 2. The number of anilines is 1. The number of nitrogens with one attached hydrogen (secondary N) is 1. The second-order valence-electron chi connectivity index (χ2n) is 9.14. The highest BCUT2D eigenvalue weighted by Crippen LogP contribution is 2.38. The molecule has 3 heterocycles. The molecule has 0 unspecified atom stereocenters. The molecule has 2 aromatic heterocycles. The zero-order valence-electron chi connectivity index (χ0n) is 21.0. The van der Waals surface area contributed by atoms with Gasteiger partial charge >= 0.3 is 6.18 Å². The lowest BCUT2D eigenvalue weighted by Crippen LogP contribution is -2.36. The first kappa shape index (κ1) is 33.3. The maximum atomic E-state index is 13.4. The first-order valence-corrected chi connectivity index (χ1v) is 13.5. The lowest BCUT2D eigenvalue weighted by Gasteiger charge is -2.33. The Hall–Kier alpha value is -2.86. The van der Waals surface area contributed by atoms with Gasteiger partial charge in [-0.2, -0.15) is 18.3 Å². The topological polar surface area (TPSA) is 96.0 Å². The summed E-state index contributed by atoms with van der Waals surface area (Å²) >= 11 is 0. The highest BCUT2D eigenvalue weighted by atomic mass is 35.5. The average Bonchev–Trinajstić information content (AvgIpc) is 3.38. The molecular weight excluding hydrogens is 612 g/mol. The van der Waals surface area contributed by atoms with E-state index in [4.69, 9.17) is 0 Å². The van der Waals surface area contributed by atoms with Crippen molar-refractivity contribution in [2.45, 2.75) is 23.9 Å². The lowest BCUT2D eigenvalue weighted by atomic mass is 9.88. The Kier molecular flexibility index (Phi) is 10.6. The predicted molar refractivity (Wildman–Crippen MR) is 155 cm³/mol. The Morgan fingerprint density at radius 1 is 1.00 bits per heavy atom. The van der Waals surface area contributed by atoms with Crippen molar-refractivity contribution in [3.8, 4) is 11.1 Å². The van der Waals surface area contributed by atoms with Gasteiger partial charge in [-0.05, 0) is 48.7 Å². The molecule has 1 N–H and O–H groups in total. The van der Waals surface area contributed by atoms with E-state index in [-0.39, 0.29) is 59.4 Å². The van der Waals surface area contributed by atoms with Gasteiger partial charge in [0.15, 0.2) is 15.6 Å². The highest BCUT2D eigenvalue weighted by molar-refractivity contribution is 7.90. The van der Waals surface area contributed by atoms with Crippen LogP contribution in [0, 0.1) is 5.92 Å². The zero-order valence-corrected chi connectivity index (χ0v) is 24.3. The Bertz CT molecular complexity index is 1590. The fraction of sp³-hybridized carbons (Fsp3) is 0.269. The Balaban J connectivity index is 0.00000187. The number of H-pyrrole nitrogens is 1. The number of Topliss-reactive ketones (excluding diaryl/α,β-unsaturated/α-hetero) is 1. The van der Waals surface area contributed by atoms with Crippen LogP contribution < -0.4 is 4.90 Å². The molecule has 0 spiro atoms. The molecule has 1 saturated heterocycles. The first-order chi connectivity index (χ1) is 17.5. The van der Waals surface area contributed by atoms with Crippen molar-refractivity contribution in [2.75, 3.05) is 24.2 Å². The molecule has 216 valence electrons. The Morgan fingerprint density at radius 3 is 2.25 bits per heavy atom. The second-order valence-corrected chi connectivity index (χ2v) is 11.2. The van der Waals surface area contributed by atoms with E-state index in [1.54, 1.807) is 36.5 Å². The van der Waals surface area contributed by atoms with Crippen molar-refractivity contribution < 1.29 is 26.4 Å². The summed E-state index contributed by atoms with van der Waals surface area (Å²) in [5.41, 5.74) is 1.42. The molecule has 0 aliphatic carbocycles. The van der Waals surface area contributed by atoms with E-state index in [1.165, 1.54) is 18.3 Å². The van der Waals surface area contributed by atoms with E-state index in [1.807, 2.05) is 11.2 Å². The highest BCUT2D eigenvalue weighted by Gasteiger charge is 2.36. The number of halogens is 6. The largest absolute Gasteiger partial charge is 0.433 e. The summed E-state index contributed by atoms with van der Waals surface area (Å²) < 4.78 is 63.6. The number of aromatic amines is 1. The number of ketones is 1. The predicted octanol–water partition coefficient (Wildman–Crippen LogP) is 6.41. The van der Waals surface area contributed by atoms with Gasteiger partial charge in [-0.25, -0.2) is 8.42 Å². The number of pyridine rings is 1. The molecule has 40 heavy (non-hydrogen) atoms. The van der Waals surface area contributed by atoms with Gasteiger partial charge in [0.25, 0.3) is 0 Å². The van der Waals surface area contributed by atoms with Gasteiger partial charge in [-0.1, -0.05) is 18.2 Å². The third kappa shape index (κ3) is 6.71. The summed E-state index contributed by atoms with van der Waals surface area (Å²) in [6.07, 6.45) is 0.580. The zero-order chi connectivity index (χ0) is 26.4. The number of carbonyl (C=O) groups excluding carboxylic acids is 1. The van der Waals surface area contributed by atoms with Gasteiger partial charge in [-0.15, -0.1) is 37.2 Å². The normalized spacial score (nSPS) is 14.2. The van der Waals surface area contributed by atoms with E-state index in [2.05, 4.69) is 15.0 Å². The van der Waals surface area contributed by atoms with Crippen LogP contribution in [0.5, 0.6) is 0 Å². The molecule has 14 heteroatoms. The minimum atomic E-state index is -4.56. The molecular formula is C26H26Cl3F3N4O3S. The number of nitrogens with zero attached hydrogens (tertiary/aromatic N) is 3. The van der Waals surface area contributed by atoms with Crippen molar-refractivity contribution in [3.63, 3.8) is 0 Å².